The first-order chi connectivity index (χ1) is 10.0. The molecule has 0 radical (unpaired) electrons. The Morgan fingerprint density at radius 1 is 1.38 bits per heavy atom. The van der Waals surface area contributed by atoms with E-state index < -0.39 is 11.7 Å². The van der Waals surface area contributed by atoms with Crippen molar-refractivity contribution in [1.82, 2.24) is 4.98 Å². The van der Waals surface area contributed by atoms with Crippen LogP contribution in [0.3, 0.4) is 0 Å². The second-order valence-electron chi connectivity index (χ2n) is 3.98. The normalized spacial score (nSPS) is 11.2. The molecule has 1 aromatic heterocycles. The molecule has 1 heterocycles. The van der Waals surface area contributed by atoms with Crippen LogP contribution in [0.2, 0.25) is 0 Å². The van der Waals surface area contributed by atoms with E-state index in [4.69, 9.17) is 10.9 Å². The number of nitrogens with zero attached hydrogens (tertiary/aromatic N) is 2. The summed E-state index contributed by atoms with van der Waals surface area (Å²) in [6, 6.07) is 6.03. The summed E-state index contributed by atoms with van der Waals surface area (Å²) in [4.78, 5) is 15.6. The third kappa shape index (κ3) is 3.34. The molecule has 4 N–H and O–H groups in total. The minimum atomic E-state index is -0.740. The Morgan fingerprint density at radius 2 is 2.14 bits per heavy atom. The van der Waals surface area contributed by atoms with Crippen LogP contribution in [0.15, 0.2) is 46.3 Å². The highest BCUT2D eigenvalue weighted by atomic mass is 79.9. The monoisotopic (exact) mass is 352 g/mol. The number of halogens is 2. The zero-order valence-corrected chi connectivity index (χ0v) is 12.1. The van der Waals surface area contributed by atoms with Gasteiger partial charge < -0.3 is 16.3 Å². The Bertz CT molecular complexity index is 721. The maximum absolute atomic E-state index is 13.5. The van der Waals surface area contributed by atoms with Gasteiger partial charge in [-0.05, 0) is 24.3 Å². The maximum Gasteiger partial charge on any atom is 0.258 e. The van der Waals surface area contributed by atoms with Gasteiger partial charge in [-0.2, -0.15) is 0 Å². The van der Waals surface area contributed by atoms with Crippen LogP contribution in [-0.2, 0) is 0 Å². The molecule has 0 aliphatic rings. The molecule has 0 bridgehead atoms. The van der Waals surface area contributed by atoms with E-state index in [2.05, 4.69) is 31.4 Å². The molecule has 8 heteroatoms. The third-order valence-electron chi connectivity index (χ3n) is 2.63. The number of oxime groups is 1. The van der Waals surface area contributed by atoms with Crippen LogP contribution in [0.4, 0.5) is 10.1 Å². The summed E-state index contributed by atoms with van der Waals surface area (Å²) in [5.41, 5.74) is 5.97. The molecule has 0 saturated carbocycles. The minimum Gasteiger partial charge on any atom is -0.409 e. The third-order valence-corrected chi connectivity index (χ3v) is 3.12. The largest absolute Gasteiger partial charge is 0.409 e. The highest BCUT2D eigenvalue weighted by Crippen LogP contribution is 2.22. The number of benzene rings is 1. The van der Waals surface area contributed by atoms with E-state index >= 15 is 0 Å². The van der Waals surface area contributed by atoms with E-state index in [1.54, 1.807) is 18.2 Å². The van der Waals surface area contributed by atoms with Gasteiger partial charge in [0, 0.05) is 16.2 Å². The van der Waals surface area contributed by atoms with E-state index in [0.717, 1.165) is 6.20 Å². The lowest BCUT2D eigenvalue weighted by molar-refractivity contribution is 0.102. The second kappa shape index (κ2) is 6.31. The topological polar surface area (TPSA) is 101 Å². The van der Waals surface area contributed by atoms with Gasteiger partial charge in [-0.1, -0.05) is 21.1 Å². The van der Waals surface area contributed by atoms with Crippen LogP contribution in [0.25, 0.3) is 0 Å². The lowest BCUT2D eigenvalue weighted by atomic mass is 10.1. The van der Waals surface area contributed by atoms with Crippen LogP contribution < -0.4 is 11.1 Å². The lowest BCUT2D eigenvalue weighted by Crippen LogP contribution is -2.20. The van der Waals surface area contributed by atoms with E-state index in [-0.39, 0.29) is 17.1 Å². The van der Waals surface area contributed by atoms with Crippen LogP contribution in [0, 0.1) is 5.82 Å². The average molecular weight is 353 g/mol. The number of nitrogens with one attached hydrogen (secondary N) is 1. The van der Waals surface area contributed by atoms with E-state index in [1.807, 2.05) is 0 Å². The molecular formula is C13H10BrFN4O2. The number of hydrogen-bond acceptors (Lipinski definition) is 4. The van der Waals surface area contributed by atoms with E-state index in [9.17, 15) is 9.18 Å². The molecule has 6 nitrogen and oxygen atoms in total. The molecule has 0 fully saturated rings. The minimum absolute atomic E-state index is 0.157. The molecule has 0 spiro atoms. The van der Waals surface area contributed by atoms with Gasteiger partial charge in [0.1, 0.15) is 0 Å². The Labute approximate surface area is 127 Å². The Kier molecular flexibility index (Phi) is 4.49. The Morgan fingerprint density at radius 3 is 2.81 bits per heavy atom. The average Bonchev–Trinajstić information content (AvgIpc) is 2.47. The van der Waals surface area contributed by atoms with Crippen LogP contribution in [0.1, 0.15) is 15.9 Å². The fourth-order valence-electron chi connectivity index (χ4n) is 1.65. The predicted octanol–water partition coefficient (Wildman–Crippen LogP) is 2.33. The van der Waals surface area contributed by atoms with Gasteiger partial charge in [-0.3, -0.25) is 9.78 Å². The molecule has 0 aliphatic carbocycles. The smallest absolute Gasteiger partial charge is 0.258 e. The van der Waals surface area contributed by atoms with Gasteiger partial charge in [-0.25, -0.2) is 4.39 Å². The Balaban J connectivity index is 2.37. The predicted molar refractivity (Wildman–Crippen MR) is 78.8 cm³/mol. The zero-order chi connectivity index (χ0) is 15.4. The lowest BCUT2D eigenvalue weighted by Gasteiger charge is -2.11. The van der Waals surface area contributed by atoms with Crippen molar-refractivity contribution < 1.29 is 14.4 Å². The van der Waals surface area contributed by atoms with Gasteiger partial charge in [0.25, 0.3) is 5.91 Å². The fraction of sp³-hybridized carbons (Fsp3) is 0. The number of amides is 1. The summed E-state index contributed by atoms with van der Waals surface area (Å²) in [7, 11) is 0. The number of aromatic nitrogens is 1. The number of pyridine rings is 1. The van der Waals surface area contributed by atoms with Crippen molar-refractivity contribution in [2.24, 2.45) is 10.9 Å². The van der Waals surface area contributed by atoms with Crippen molar-refractivity contribution in [2.45, 2.75) is 0 Å². The first-order valence-electron chi connectivity index (χ1n) is 5.71. The molecule has 0 saturated heterocycles. The summed E-state index contributed by atoms with van der Waals surface area (Å²) in [6.07, 6.45) is 2.25. The van der Waals surface area contributed by atoms with Gasteiger partial charge in [0.2, 0.25) is 0 Å². The number of rotatable bonds is 3. The summed E-state index contributed by atoms with van der Waals surface area (Å²) in [6.45, 7) is 0. The van der Waals surface area contributed by atoms with Gasteiger partial charge in [0.15, 0.2) is 11.7 Å². The highest BCUT2D eigenvalue weighted by Gasteiger charge is 2.15. The molecule has 1 amide bonds. The molecular weight excluding hydrogens is 343 g/mol. The Hall–Kier alpha value is -2.48. The quantitative estimate of drug-likeness (QED) is 0.341. The maximum atomic E-state index is 13.5. The molecule has 2 rings (SSSR count). The van der Waals surface area contributed by atoms with Gasteiger partial charge in [0.05, 0.1) is 17.4 Å². The second-order valence-corrected chi connectivity index (χ2v) is 4.90. The first-order valence-corrected chi connectivity index (χ1v) is 6.50. The number of amidine groups is 1. The SMILES string of the molecule is N/C(=N/O)c1ccc(Br)cc1NC(=O)c1ccncc1F. The van der Waals surface area contributed by atoms with Crippen molar-refractivity contribution in [3.8, 4) is 0 Å². The fourth-order valence-corrected chi connectivity index (χ4v) is 2.01. The summed E-state index contributed by atoms with van der Waals surface area (Å²) >= 11 is 3.25. The van der Waals surface area contributed by atoms with Crippen molar-refractivity contribution in [3.63, 3.8) is 0 Å². The number of hydrogen-bond donors (Lipinski definition) is 3. The van der Waals surface area contributed by atoms with Crippen LogP contribution in [-0.4, -0.2) is 21.9 Å². The zero-order valence-electron chi connectivity index (χ0n) is 10.5. The van der Waals surface area contributed by atoms with Crippen molar-refractivity contribution in [1.29, 1.82) is 0 Å². The number of nitrogens with two attached hydrogens (primary N) is 1. The number of carbonyl (C=O) groups is 1. The van der Waals surface area contributed by atoms with E-state index in [0.29, 0.717) is 10.0 Å². The molecule has 108 valence electrons. The highest BCUT2D eigenvalue weighted by molar-refractivity contribution is 9.10. The number of carbonyl (C=O) groups excluding carboxylic acids is 1. The van der Waals surface area contributed by atoms with Crippen LogP contribution in [0.5, 0.6) is 0 Å². The van der Waals surface area contributed by atoms with Gasteiger partial charge >= 0.3 is 0 Å². The van der Waals surface area contributed by atoms with Crippen molar-refractivity contribution in [3.05, 3.63) is 58.1 Å². The molecule has 1 aromatic carbocycles. The molecule has 0 aliphatic heterocycles. The molecule has 0 unspecified atom stereocenters. The van der Waals surface area contributed by atoms with E-state index in [1.165, 1.54) is 12.3 Å². The molecule has 0 atom stereocenters. The van der Waals surface area contributed by atoms with Crippen molar-refractivity contribution in [2.75, 3.05) is 5.32 Å². The standard InChI is InChI=1S/C13H10BrFN4O2/c14-7-1-2-9(12(16)19-21)11(5-7)18-13(20)8-3-4-17-6-10(8)15/h1-6,21H,(H2,16,19)(H,18,20). The summed E-state index contributed by atoms with van der Waals surface area (Å²) in [5.74, 6) is -1.58. The summed E-state index contributed by atoms with van der Waals surface area (Å²) < 4.78 is 14.2. The van der Waals surface area contributed by atoms with Crippen LogP contribution >= 0.6 is 15.9 Å². The first kappa shape index (κ1) is 14.9. The van der Waals surface area contributed by atoms with Gasteiger partial charge in [-0.15, -0.1) is 0 Å². The number of anilines is 1. The van der Waals surface area contributed by atoms with Crippen molar-refractivity contribution >= 4 is 33.4 Å². The summed E-state index contributed by atoms with van der Waals surface area (Å²) in [5, 5.41) is 14.2. The molecule has 2 aromatic rings. The molecule has 21 heavy (non-hydrogen) atoms.